The molecule has 18 heavy (non-hydrogen) atoms. The number of aromatic nitrogens is 1. The number of carboxylic acids is 1. The molecule has 0 radical (unpaired) electrons. The first-order chi connectivity index (χ1) is 8.13. The highest BCUT2D eigenvalue weighted by atomic mass is 19.4. The number of hydrogen-bond donors (Lipinski definition) is 1. The van der Waals surface area contributed by atoms with Gasteiger partial charge in [-0.2, -0.15) is 13.2 Å². The van der Waals surface area contributed by atoms with Crippen molar-refractivity contribution in [2.24, 2.45) is 5.41 Å². The van der Waals surface area contributed by atoms with E-state index in [0.717, 1.165) is 6.20 Å². The Kier molecular flexibility index (Phi) is 2.47. The number of pyridine rings is 1. The zero-order chi connectivity index (χ0) is 13.8. The number of aliphatic carboxylic acids is 1. The van der Waals surface area contributed by atoms with Gasteiger partial charge >= 0.3 is 12.1 Å². The van der Waals surface area contributed by atoms with E-state index in [0.29, 0.717) is 0 Å². The predicted octanol–water partition coefficient (Wildman–Crippen LogP) is 2.85. The van der Waals surface area contributed by atoms with Gasteiger partial charge in [-0.1, -0.05) is 19.9 Å². The van der Waals surface area contributed by atoms with E-state index in [9.17, 15) is 23.1 Å². The Labute approximate surface area is 102 Å². The van der Waals surface area contributed by atoms with Crippen LogP contribution in [0.4, 0.5) is 13.2 Å². The van der Waals surface area contributed by atoms with Gasteiger partial charge in [0, 0.05) is 11.8 Å². The molecule has 0 bridgehead atoms. The van der Waals surface area contributed by atoms with Crippen LogP contribution in [0.15, 0.2) is 18.3 Å². The molecule has 98 valence electrons. The van der Waals surface area contributed by atoms with Crippen LogP contribution in [0, 0.1) is 5.41 Å². The Hall–Kier alpha value is -1.59. The molecule has 1 heterocycles. The average Bonchev–Trinajstić information content (AvgIpc) is 2.82. The van der Waals surface area contributed by atoms with Gasteiger partial charge < -0.3 is 5.11 Å². The Morgan fingerprint density at radius 3 is 2.39 bits per heavy atom. The van der Waals surface area contributed by atoms with Crippen molar-refractivity contribution in [1.82, 2.24) is 4.98 Å². The summed E-state index contributed by atoms with van der Waals surface area (Å²) in [5.74, 6) is -1.23. The zero-order valence-electron chi connectivity index (χ0n) is 9.88. The average molecular weight is 259 g/mol. The molecule has 0 aliphatic heterocycles. The number of alkyl halides is 3. The van der Waals surface area contributed by atoms with Crippen LogP contribution in [0.1, 0.15) is 31.5 Å². The number of halogens is 3. The van der Waals surface area contributed by atoms with Crippen molar-refractivity contribution in [3.63, 3.8) is 0 Å². The Morgan fingerprint density at radius 2 is 2.00 bits per heavy atom. The standard InChI is InChI=1S/C12H12F3NO2/c1-10(2)6-11(10,9(17)18)7-4-3-5-16-8(7)12(13,14)15/h3-5H,6H2,1-2H3,(H,17,18). The highest BCUT2D eigenvalue weighted by Crippen LogP contribution is 2.65. The molecule has 1 unspecified atom stereocenters. The Balaban J connectivity index is 2.63. The largest absolute Gasteiger partial charge is 0.481 e. The third kappa shape index (κ3) is 1.59. The van der Waals surface area contributed by atoms with Gasteiger partial charge in [0.15, 0.2) is 0 Å². The quantitative estimate of drug-likeness (QED) is 0.888. The molecule has 1 aromatic rings. The van der Waals surface area contributed by atoms with Crippen molar-refractivity contribution in [3.05, 3.63) is 29.6 Å². The summed E-state index contributed by atoms with van der Waals surface area (Å²) in [5, 5.41) is 9.29. The van der Waals surface area contributed by atoms with E-state index in [1.54, 1.807) is 13.8 Å². The van der Waals surface area contributed by atoms with E-state index in [1.165, 1.54) is 12.1 Å². The lowest BCUT2D eigenvalue weighted by molar-refractivity contribution is -0.145. The first kappa shape index (κ1) is 12.9. The summed E-state index contributed by atoms with van der Waals surface area (Å²) in [5.41, 5.74) is -3.51. The van der Waals surface area contributed by atoms with Gasteiger partial charge in [-0.25, -0.2) is 0 Å². The van der Waals surface area contributed by atoms with E-state index < -0.39 is 28.7 Å². The number of nitrogens with zero attached hydrogens (tertiary/aromatic N) is 1. The summed E-state index contributed by atoms with van der Waals surface area (Å²) < 4.78 is 38.6. The summed E-state index contributed by atoms with van der Waals surface area (Å²) >= 11 is 0. The van der Waals surface area contributed by atoms with Gasteiger partial charge in [-0.05, 0) is 17.9 Å². The second-order valence-electron chi connectivity index (χ2n) is 5.17. The normalized spacial score (nSPS) is 25.8. The van der Waals surface area contributed by atoms with Crippen molar-refractivity contribution < 1.29 is 23.1 Å². The molecule has 1 N–H and O–H groups in total. The Morgan fingerprint density at radius 1 is 1.44 bits per heavy atom. The molecular weight excluding hydrogens is 247 g/mol. The maximum absolute atomic E-state index is 12.9. The molecule has 1 aromatic heterocycles. The van der Waals surface area contributed by atoms with Crippen LogP contribution in [0.2, 0.25) is 0 Å². The molecule has 1 fully saturated rings. The third-order valence-corrected chi connectivity index (χ3v) is 3.64. The number of carbonyl (C=O) groups is 1. The molecule has 1 atom stereocenters. The molecule has 6 heteroatoms. The van der Waals surface area contributed by atoms with Crippen molar-refractivity contribution in [2.45, 2.75) is 31.9 Å². The first-order valence-electron chi connectivity index (χ1n) is 5.39. The molecule has 2 rings (SSSR count). The molecule has 1 aliphatic carbocycles. The van der Waals surface area contributed by atoms with Gasteiger partial charge in [-0.15, -0.1) is 0 Å². The molecule has 0 saturated heterocycles. The van der Waals surface area contributed by atoms with Gasteiger partial charge in [0.2, 0.25) is 0 Å². The smallest absolute Gasteiger partial charge is 0.433 e. The molecule has 0 aromatic carbocycles. The van der Waals surface area contributed by atoms with E-state index in [4.69, 9.17) is 0 Å². The monoisotopic (exact) mass is 259 g/mol. The van der Waals surface area contributed by atoms with Crippen LogP contribution in [-0.2, 0) is 16.4 Å². The third-order valence-electron chi connectivity index (χ3n) is 3.64. The van der Waals surface area contributed by atoms with E-state index in [2.05, 4.69) is 4.98 Å². The topological polar surface area (TPSA) is 50.2 Å². The lowest BCUT2D eigenvalue weighted by atomic mass is 9.86. The highest BCUT2D eigenvalue weighted by molar-refractivity contribution is 5.87. The fourth-order valence-electron chi connectivity index (χ4n) is 2.53. The van der Waals surface area contributed by atoms with E-state index >= 15 is 0 Å². The van der Waals surface area contributed by atoms with E-state index in [-0.39, 0.29) is 12.0 Å². The number of carboxylic acid groups (broad SMARTS) is 1. The van der Waals surface area contributed by atoms with Crippen LogP contribution >= 0.6 is 0 Å². The maximum Gasteiger partial charge on any atom is 0.433 e. The van der Waals surface area contributed by atoms with Gasteiger partial charge in [0.25, 0.3) is 0 Å². The molecule has 1 aliphatic rings. The highest BCUT2D eigenvalue weighted by Gasteiger charge is 2.69. The van der Waals surface area contributed by atoms with Gasteiger partial charge in [-0.3, -0.25) is 9.78 Å². The van der Waals surface area contributed by atoms with Crippen molar-refractivity contribution in [3.8, 4) is 0 Å². The summed E-state index contributed by atoms with van der Waals surface area (Å²) in [6, 6.07) is 2.54. The summed E-state index contributed by atoms with van der Waals surface area (Å²) in [6.45, 7) is 3.29. The summed E-state index contributed by atoms with van der Waals surface area (Å²) in [6.07, 6.45) is -3.43. The minimum absolute atomic E-state index is 0.185. The summed E-state index contributed by atoms with van der Waals surface area (Å²) in [4.78, 5) is 14.7. The minimum atomic E-state index is -4.64. The van der Waals surface area contributed by atoms with Gasteiger partial charge in [0.1, 0.15) is 11.1 Å². The van der Waals surface area contributed by atoms with Crippen LogP contribution in [-0.4, -0.2) is 16.1 Å². The number of hydrogen-bond acceptors (Lipinski definition) is 2. The summed E-state index contributed by atoms with van der Waals surface area (Å²) in [7, 11) is 0. The SMILES string of the molecule is CC1(C)CC1(C(=O)O)c1cccnc1C(F)(F)F. The second kappa shape index (κ2) is 3.46. The zero-order valence-corrected chi connectivity index (χ0v) is 9.88. The Bertz CT molecular complexity index is 510. The maximum atomic E-state index is 12.9. The fourth-order valence-corrected chi connectivity index (χ4v) is 2.53. The van der Waals surface area contributed by atoms with Crippen molar-refractivity contribution >= 4 is 5.97 Å². The van der Waals surface area contributed by atoms with Gasteiger partial charge in [0.05, 0.1) is 0 Å². The van der Waals surface area contributed by atoms with Crippen LogP contribution in [0.3, 0.4) is 0 Å². The molecule has 0 amide bonds. The first-order valence-corrected chi connectivity index (χ1v) is 5.39. The molecule has 3 nitrogen and oxygen atoms in total. The molecule has 0 spiro atoms. The lowest BCUT2D eigenvalue weighted by Crippen LogP contribution is -2.29. The van der Waals surface area contributed by atoms with Crippen molar-refractivity contribution in [2.75, 3.05) is 0 Å². The van der Waals surface area contributed by atoms with Crippen LogP contribution in [0.25, 0.3) is 0 Å². The minimum Gasteiger partial charge on any atom is -0.481 e. The van der Waals surface area contributed by atoms with Crippen LogP contribution < -0.4 is 0 Å². The number of rotatable bonds is 2. The second-order valence-corrected chi connectivity index (χ2v) is 5.17. The molecule has 1 saturated carbocycles. The van der Waals surface area contributed by atoms with Crippen molar-refractivity contribution in [1.29, 1.82) is 0 Å². The fraction of sp³-hybridized carbons (Fsp3) is 0.500. The predicted molar refractivity (Wildman–Crippen MR) is 57.0 cm³/mol. The van der Waals surface area contributed by atoms with Crippen LogP contribution in [0.5, 0.6) is 0 Å². The molecular formula is C12H12F3NO2. The van der Waals surface area contributed by atoms with E-state index in [1.807, 2.05) is 0 Å². The lowest BCUT2D eigenvalue weighted by Gasteiger charge is -2.20.